The van der Waals surface area contributed by atoms with E-state index in [0.29, 0.717) is 6.42 Å². The molecule has 1 rings (SSSR count). The van der Waals surface area contributed by atoms with E-state index < -0.39 is 17.7 Å². The first-order valence-corrected chi connectivity index (χ1v) is 5.90. The quantitative estimate of drug-likeness (QED) is 0.664. The maximum atomic E-state index is 12.7. The highest BCUT2D eigenvalue weighted by molar-refractivity contribution is 6.33. The summed E-state index contributed by atoms with van der Waals surface area (Å²) < 4.78 is 42.7. The maximum Gasteiger partial charge on any atom is 0.418 e. The largest absolute Gasteiger partial charge is 0.469 e. The highest BCUT2D eigenvalue weighted by Crippen LogP contribution is 2.38. The monoisotopic (exact) mass is 295 g/mol. The van der Waals surface area contributed by atoms with Crippen LogP contribution >= 0.6 is 11.6 Å². The predicted molar refractivity (Wildman–Crippen MR) is 66.2 cm³/mol. The van der Waals surface area contributed by atoms with Crippen LogP contribution in [0.1, 0.15) is 18.4 Å². The van der Waals surface area contributed by atoms with Gasteiger partial charge < -0.3 is 10.1 Å². The second-order valence-corrected chi connectivity index (χ2v) is 4.17. The minimum Gasteiger partial charge on any atom is -0.469 e. The molecule has 0 bridgehead atoms. The van der Waals surface area contributed by atoms with Crippen LogP contribution in [0.3, 0.4) is 0 Å². The second-order valence-electron chi connectivity index (χ2n) is 3.77. The molecule has 0 heterocycles. The van der Waals surface area contributed by atoms with Crippen molar-refractivity contribution in [1.82, 2.24) is 0 Å². The van der Waals surface area contributed by atoms with Gasteiger partial charge in [0, 0.05) is 13.0 Å². The summed E-state index contributed by atoms with van der Waals surface area (Å²) in [7, 11) is 1.26. The number of carbonyl (C=O) groups is 1. The molecule has 0 saturated carbocycles. The molecule has 0 aliphatic carbocycles. The Morgan fingerprint density at radius 1 is 1.42 bits per heavy atom. The Morgan fingerprint density at radius 2 is 2.11 bits per heavy atom. The van der Waals surface area contributed by atoms with E-state index in [0.717, 1.165) is 6.07 Å². The van der Waals surface area contributed by atoms with Crippen molar-refractivity contribution in [1.29, 1.82) is 0 Å². The normalized spacial score (nSPS) is 11.2. The molecule has 1 aromatic rings. The number of methoxy groups -OCH3 is 1. The lowest BCUT2D eigenvalue weighted by Crippen LogP contribution is -2.13. The molecule has 0 aliphatic rings. The third kappa shape index (κ3) is 4.63. The van der Waals surface area contributed by atoms with Gasteiger partial charge in [-0.05, 0) is 18.6 Å². The van der Waals surface area contributed by atoms with Gasteiger partial charge in [-0.1, -0.05) is 17.7 Å². The van der Waals surface area contributed by atoms with Gasteiger partial charge in [0.2, 0.25) is 0 Å². The molecule has 0 unspecified atom stereocenters. The summed E-state index contributed by atoms with van der Waals surface area (Å²) >= 11 is 5.75. The van der Waals surface area contributed by atoms with Gasteiger partial charge in [0.15, 0.2) is 0 Å². The fourth-order valence-corrected chi connectivity index (χ4v) is 1.73. The topological polar surface area (TPSA) is 38.3 Å². The number of hydrogen-bond donors (Lipinski definition) is 1. The van der Waals surface area contributed by atoms with E-state index in [1.165, 1.54) is 19.2 Å². The number of halogens is 4. The summed E-state index contributed by atoms with van der Waals surface area (Å²) in [6.45, 7) is 0.196. The Balaban J connectivity index is 2.70. The molecular formula is C12H13ClF3NO2. The SMILES string of the molecule is COC(=O)CCCNc1c(Cl)cccc1C(F)(F)F. The molecule has 0 fully saturated rings. The Kier molecular flexibility index (Phi) is 5.47. The molecule has 1 aromatic carbocycles. The van der Waals surface area contributed by atoms with Gasteiger partial charge in [0.05, 0.1) is 23.4 Å². The number of alkyl halides is 3. The van der Waals surface area contributed by atoms with Crippen LogP contribution in [-0.2, 0) is 15.7 Å². The third-order valence-corrected chi connectivity index (χ3v) is 2.72. The summed E-state index contributed by atoms with van der Waals surface area (Å²) in [5.41, 5.74) is -0.986. The second kappa shape index (κ2) is 6.65. The van der Waals surface area contributed by atoms with Crippen LogP contribution in [0, 0.1) is 0 Å². The molecule has 3 nitrogen and oxygen atoms in total. The highest BCUT2D eigenvalue weighted by atomic mass is 35.5. The van der Waals surface area contributed by atoms with Crippen molar-refractivity contribution in [2.45, 2.75) is 19.0 Å². The van der Waals surface area contributed by atoms with Gasteiger partial charge in [0.25, 0.3) is 0 Å². The Bertz CT molecular complexity index is 449. The van der Waals surface area contributed by atoms with E-state index >= 15 is 0 Å². The van der Waals surface area contributed by atoms with Crippen LogP contribution in [0.25, 0.3) is 0 Å². The lowest BCUT2D eigenvalue weighted by molar-refractivity contribution is -0.140. The van der Waals surface area contributed by atoms with Gasteiger partial charge in [-0.15, -0.1) is 0 Å². The van der Waals surface area contributed by atoms with Crippen molar-refractivity contribution in [3.63, 3.8) is 0 Å². The Labute approximate surface area is 113 Å². The molecule has 7 heteroatoms. The van der Waals surface area contributed by atoms with Gasteiger partial charge in [-0.2, -0.15) is 13.2 Å². The lowest BCUT2D eigenvalue weighted by Gasteiger charge is -2.15. The number of hydrogen-bond acceptors (Lipinski definition) is 3. The molecule has 106 valence electrons. The molecule has 0 aliphatic heterocycles. The summed E-state index contributed by atoms with van der Waals surface area (Å²) in [5, 5.41) is 2.60. The number of nitrogens with one attached hydrogen (secondary N) is 1. The third-order valence-electron chi connectivity index (χ3n) is 2.41. The number of para-hydroxylation sites is 1. The predicted octanol–water partition coefficient (Wildman–Crippen LogP) is 3.72. The molecule has 0 spiro atoms. The lowest BCUT2D eigenvalue weighted by atomic mass is 10.1. The van der Waals surface area contributed by atoms with E-state index in [-0.39, 0.29) is 23.7 Å². The van der Waals surface area contributed by atoms with E-state index in [1.807, 2.05) is 0 Å². The molecule has 0 aromatic heterocycles. The van der Waals surface area contributed by atoms with Crippen molar-refractivity contribution in [3.8, 4) is 0 Å². The minimum atomic E-state index is -4.48. The van der Waals surface area contributed by atoms with Crippen LogP contribution in [0.15, 0.2) is 18.2 Å². The zero-order chi connectivity index (χ0) is 14.5. The number of ether oxygens (including phenoxy) is 1. The first-order chi connectivity index (χ1) is 8.86. The standard InChI is InChI=1S/C12H13ClF3NO2/c1-19-10(18)6-3-7-17-11-8(12(14,15)16)4-2-5-9(11)13/h2,4-5,17H,3,6-7H2,1H3. The maximum absolute atomic E-state index is 12.7. The first-order valence-electron chi connectivity index (χ1n) is 5.52. The van der Waals surface area contributed by atoms with E-state index in [1.54, 1.807) is 0 Å². The Hall–Kier alpha value is -1.43. The van der Waals surface area contributed by atoms with Gasteiger partial charge >= 0.3 is 12.1 Å². The van der Waals surface area contributed by atoms with Gasteiger partial charge in [0.1, 0.15) is 0 Å². The summed E-state index contributed by atoms with van der Waals surface area (Å²) in [6.07, 6.45) is -3.99. The van der Waals surface area contributed by atoms with Crippen molar-refractivity contribution < 1.29 is 22.7 Å². The average Bonchev–Trinajstić information content (AvgIpc) is 2.34. The van der Waals surface area contributed by atoms with Crippen molar-refractivity contribution in [2.75, 3.05) is 19.0 Å². The van der Waals surface area contributed by atoms with Crippen molar-refractivity contribution in [2.24, 2.45) is 0 Å². The fraction of sp³-hybridized carbons (Fsp3) is 0.417. The number of benzene rings is 1. The van der Waals surface area contributed by atoms with Crippen LogP contribution in [0.5, 0.6) is 0 Å². The van der Waals surface area contributed by atoms with Crippen molar-refractivity contribution >= 4 is 23.3 Å². The minimum absolute atomic E-state index is 0.00658. The summed E-state index contributed by atoms with van der Waals surface area (Å²) in [4.78, 5) is 10.9. The fourth-order valence-electron chi connectivity index (χ4n) is 1.49. The molecule has 0 saturated heterocycles. The zero-order valence-corrected chi connectivity index (χ0v) is 10.9. The number of esters is 1. The van der Waals surface area contributed by atoms with Crippen LogP contribution in [0.2, 0.25) is 5.02 Å². The van der Waals surface area contributed by atoms with Crippen LogP contribution < -0.4 is 5.32 Å². The Morgan fingerprint density at radius 3 is 2.68 bits per heavy atom. The molecule has 1 N–H and O–H groups in total. The number of carbonyl (C=O) groups excluding carboxylic acids is 1. The molecule has 0 atom stereocenters. The van der Waals surface area contributed by atoms with Crippen LogP contribution in [-0.4, -0.2) is 19.6 Å². The number of rotatable bonds is 5. The highest BCUT2D eigenvalue weighted by Gasteiger charge is 2.34. The molecule has 19 heavy (non-hydrogen) atoms. The van der Waals surface area contributed by atoms with E-state index in [4.69, 9.17) is 11.6 Å². The first kappa shape index (κ1) is 15.6. The molecule has 0 amide bonds. The zero-order valence-electron chi connectivity index (χ0n) is 10.2. The van der Waals surface area contributed by atoms with Gasteiger partial charge in [-0.3, -0.25) is 4.79 Å². The van der Waals surface area contributed by atoms with Crippen LogP contribution in [0.4, 0.5) is 18.9 Å². The molecular weight excluding hydrogens is 283 g/mol. The van der Waals surface area contributed by atoms with Crippen molar-refractivity contribution in [3.05, 3.63) is 28.8 Å². The smallest absolute Gasteiger partial charge is 0.418 e. The molecule has 0 radical (unpaired) electrons. The average molecular weight is 296 g/mol. The van der Waals surface area contributed by atoms with E-state index in [9.17, 15) is 18.0 Å². The number of anilines is 1. The van der Waals surface area contributed by atoms with E-state index in [2.05, 4.69) is 10.1 Å². The summed E-state index contributed by atoms with van der Waals surface area (Å²) in [5.74, 6) is -0.406. The van der Waals surface area contributed by atoms with Gasteiger partial charge in [-0.25, -0.2) is 0 Å². The summed E-state index contributed by atoms with van der Waals surface area (Å²) in [6, 6.07) is 3.57.